The summed E-state index contributed by atoms with van der Waals surface area (Å²) in [6.45, 7) is 0.147. The molecule has 142 valence electrons. The van der Waals surface area contributed by atoms with Crippen LogP contribution < -0.4 is 14.2 Å². The largest absolute Gasteiger partial charge is 0.497 e. The lowest BCUT2D eigenvalue weighted by atomic mass is 10.2. The number of carbonyl (C=O) groups is 1. The van der Waals surface area contributed by atoms with Crippen LogP contribution in [0.2, 0.25) is 0 Å². The fraction of sp³-hybridized carbons (Fsp3) is 0.0952. The Labute approximate surface area is 161 Å². The number of carbonyl (C=O) groups excluding carboxylic acids is 1. The molecule has 3 aromatic carbocycles. The third kappa shape index (κ3) is 4.64. The maximum Gasteiger partial charge on any atom is 0.343 e. The molecule has 3 aromatic rings. The zero-order valence-electron chi connectivity index (χ0n) is 15.0. The third-order valence-corrected chi connectivity index (χ3v) is 3.90. The predicted molar refractivity (Wildman–Crippen MR) is 102 cm³/mol. The number of nitro groups is 1. The van der Waals surface area contributed by atoms with Gasteiger partial charge in [0.1, 0.15) is 18.1 Å². The standard InChI is InChI=1S/C21H17NO6/c1-26-17-9-7-15(8-10-17)14-27-20-12-11-18(13-19(20)22(24)25)28-21(23)16-5-3-2-4-6-16/h2-13H,14H2,1H3. The minimum Gasteiger partial charge on any atom is -0.497 e. The van der Waals surface area contributed by atoms with Crippen LogP contribution in [0.25, 0.3) is 0 Å². The molecule has 0 unspecified atom stereocenters. The second kappa shape index (κ2) is 8.68. The average molecular weight is 379 g/mol. The van der Waals surface area contributed by atoms with Crippen LogP contribution in [-0.4, -0.2) is 18.0 Å². The molecule has 0 aliphatic heterocycles. The topological polar surface area (TPSA) is 87.9 Å². The van der Waals surface area contributed by atoms with Gasteiger partial charge in [0.05, 0.1) is 23.7 Å². The van der Waals surface area contributed by atoms with Gasteiger partial charge in [0.25, 0.3) is 0 Å². The zero-order chi connectivity index (χ0) is 19.9. The number of hydrogen-bond acceptors (Lipinski definition) is 6. The number of benzene rings is 3. The van der Waals surface area contributed by atoms with Crippen molar-refractivity contribution in [1.82, 2.24) is 0 Å². The van der Waals surface area contributed by atoms with Gasteiger partial charge < -0.3 is 14.2 Å². The predicted octanol–water partition coefficient (Wildman–Crippen LogP) is 4.40. The van der Waals surface area contributed by atoms with Gasteiger partial charge in [-0.2, -0.15) is 0 Å². The molecule has 28 heavy (non-hydrogen) atoms. The Morgan fingerprint density at radius 2 is 1.64 bits per heavy atom. The van der Waals surface area contributed by atoms with E-state index in [-0.39, 0.29) is 23.8 Å². The molecule has 0 heterocycles. The van der Waals surface area contributed by atoms with E-state index in [1.54, 1.807) is 61.7 Å². The highest BCUT2D eigenvalue weighted by molar-refractivity contribution is 5.91. The lowest BCUT2D eigenvalue weighted by molar-refractivity contribution is -0.386. The summed E-state index contributed by atoms with van der Waals surface area (Å²) in [6, 6.07) is 19.6. The van der Waals surface area contributed by atoms with Gasteiger partial charge in [-0.05, 0) is 42.0 Å². The molecule has 0 amide bonds. The second-order valence-electron chi connectivity index (χ2n) is 5.78. The molecule has 0 bridgehead atoms. The summed E-state index contributed by atoms with van der Waals surface area (Å²) >= 11 is 0. The van der Waals surface area contributed by atoms with Crippen LogP contribution in [0.3, 0.4) is 0 Å². The van der Waals surface area contributed by atoms with Crippen LogP contribution in [0.1, 0.15) is 15.9 Å². The Morgan fingerprint density at radius 3 is 2.29 bits per heavy atom. The molecule has 7 heteroatoms. The van der Waals surface area contributed by atoms with Crippen molar-refractivity contribution in [3.63, 3.8) is 0 Å². The Kier molecular flexibility index (Phi) is 5.86. The smallest absolute Gasteiger partial charge is 0.343 e. The number of rotatable bonds is 7. The van der Waals surface area contributed by atoms with Crippen LogP contribution in [0.5, 0.6) is 17.2 Å². The van der Waals surface area contributed by atoms with Gasteiger partial charge in [-0.25, -0.2) is 4.79 Å². The van der Waals surface area contributed by atoms with E-state index in [1.165, 1.54) is 18.2 Å². The highest BCUT2D eigenvalue weighted by Crippen LogP contribution is 2.32. The van der Waals surface area contributed by atoms with Crippen molar-refractivity contribution in [2.24, 2.45) is 0 Å². The lowest BCUT2D eigenvalue weighted by Crippen LogP contribution is -2.08. The molecular weight excluding hydrogens is 362 g/mol. The first kappa shape index (κ1) is 18.9. The molecule has 0 N–H and O–H groups in total. The summed E-state index contributed by atoms with van der Waals surface area (Å²) in [5, 5.41) is 11.4. The molecule has 0 radical (unpaired) electrons. The molecule has 3 rings (SSSR count). The fourth-order valence-corrected chi connectivity index (χ4v) is 2.45. The number of nitrogens with zero attached hydrogens (tertiary/aromatic N) is 1. The van der Waals surface area contributed by atoms with Crippen molar-refractivity contribution in [1.29, 1.82) is 0 Å². The van der Waals surface area contributed by atoms with E-state index in [9.17, 15) is 14.9 Å². The van der Waals surface area contributed by atoms with Crippen molar-refractivity contribution in [3.8, 4) is 17.2 Å². The maximum absolute atomic E-state index is 12.1. The average Bonchev–Trinajstić information content (AvgIpc) is 2.73. The van der Waals surface area contributed by atoms with Crippen molar-refractivity contribution < 1.29 is 23.9 Å². The SMILES string of the molecule is COc1ccc(COc2ccc(OC(=O)c3ccccc3)cc2[N+](=O)[O-])cc1. The van der Waals surface area contributed by atoms with E-state index in [0.29, 0.717) is 11.3 Å². The van der Waals surface area contributed by atoms with Gasteiger partial charge >= 0.3 is 11.7 Å². The van der Waals surface area contributed by atoms with Crippen LogP contribution in [0, 0.1) is 10.1 Å². The van der Waals surface area contributed by atoms with E-state index in [4.69, 9.17) is 14.2 Å². The van der Waals surface area contributed by atoms with Crippen LogP contribution in [0.4, 0.5) is 5.69 Å². The number of ether oxygens (including phenoxy) is 3. The summed E-state index contributed by atoms with van der Waals surface area (Å²) in [6.07, 6.45) is 0. The Hall–Kier alpha value is -3.87. The molecule has 0 aromatic heterocycles. The summed E-state index contributed by atoms with van der Waals surface area (Å²) in [7, 11) is 1.57. The first-order chi connectivity index (χ1) is 13.6. The van der Waals surface area contributed by atoms with E-state index < -0.39 is 10.9 Å². The molecule has 0 aliphatic rings. The van der Waals surface area contributed by atoms with Gasteiger partial charge in [-0.1, -0.05) is 30.3 Å². The van der Waals surface area contributed by atoms with Crippen molar-refractivity contribution in [2.75, 3.05) is 7.11 Å². The van der Waals surface area contributed by atoms with Crippen molar-refractivity contribution in [3.05, 3.63) is 94.0 Å². The molecule has 0 saturated carbocycles. The first-order valence-electron chi connectivity index (χ1n) is 8.38. The van der Waals surface area contributed by atoms with E-state index >= 15 is 0 Å². The molecule has 0 atom stereocenters. The first-order valence-corrected chi connectivity index (χ1v) is 8.38. The van der Waals surface area contributed by atoms with Crippen LogP contribution in [-0.2, 0) is 6.61 Å². The summed E-state index contributed by atoms with van der Waals surface area (Å²) in [5.74, 6) is 0.263. The summed E-state index contributed by atoms with van der Waals surface area (Å²) in [5.41, 5.74) is 0.895. The van der Waals surface area contributed by atoms with Gasteiger partial charge in [0.15, 0.2) is 5.75 Å². The van der Waals surface area contributed by atoms with Gasteiger partial charge in [-0.3, -0.25) is 10.1 Å². The summed E-state index contributed by atoms with van der Waals surface area (Å²) < 4.78 is 15.9. The monoisotopic (exact) mass is 379 g/mol. The molecule has 7 nitrogen and oxygen atoms in total. The normalized spacial score (nSPS) is 10.2. The van der Waals surface area contributed by atoms with Gasteiger partial charge in [0, 0.05) is 0 Å². The molecule has 0 spiro atoms. The van der Waals surface area contributed by atoms with Gasteiger partial charge in [-0.15, -0.1) is 0 Å². The maximum atomic E-state index is 12.1. The Bertz CT molecular complexity index is 970. The molecule has 0 aliphatic carbocycles. The second-order valence-corrected chi connectivity index (χ2v) is 5.78. The number of methoxy groups -OCH3 is 1. The molecule has 0 saturated heterocycles. The van der Waals surface area contributed by atoms with E-state index in [0.717, 1.165) is 5.56 Å². The minimum atomic E-state index is -0.596. The Morgan fingerprint density at radius 1 is 0.964 bits per heavy atom. The van der Waals surface area contributed by atoms with E-state index in [2.05, 4.69) is 0 Å². The van der Waals surface area contributed by atoms with Gasteiger partial charge in [0.2, 0.25) is 0 Å². The molecule has 0 fully saturated rings. The number of nitro benzene ring substituents is 1. The minimum absolute atomic E-state index is 0.0670. The highest BCUT2D eigenvalue weighted by atomic mass is 16.6. The Balaban J connectivity index is 1.73. The van der Waals surface area contributed by atoms with Crippen LogP contribution >= 0.6 is 0 Å². The zero-order valence-corrected chi connectivity index (χ0v) is 15.0. The number of esters is 1. The fourth-order valence-electron chi connectivity index (χ4n) is 2.45. The lowest BCUT2D eigenvalue weighted by Gasteiger charge is -2.09. The quantitative estimate of drug-likeness (QED) is 0.262. The number of hydrogen-bond donors (Lipinski definition) is 0. The van der Waals surface area contributed by atoms with Crippen molar-refractivity contribution in [2.45, 2.75) is 6.61 Å². The van der Waals surface area contributed by atoms with E-state index in [1.807, 2.05) is 0 Å². The highest BCUT2D eigenvalue weighted by Gasteiger charge is 2.18. The third-order valence-electron chi connectivity index (χ3n) is 3.90. The molecular formula is C21H17NO6. The van der Waals surface area contributed by atoms with Crippen LogP contribution in [0.15, 0.2) is 72.8 Å². The summed E-state index contributed by atoms with van der Waals surface area (Å²) in [4.78, 5) is 22.9. The van der Waals surface area contributed by atoms with Crippen molar-refractivity contribution >= 4 is 11.7 Å².